The number of carboxylic acids is 1. The topological polar surface area (TPSA) is 153 Å². The number of nitrogens with one attached hydrogen (secondary N) is 1. The van der Waals surface area contributed by atoms with Crippen LogP contribution >= 0.6 is 0 Å². The van der Waals surface area contributed by atoms with Gasteiger partial charge in [-0.05, 0) is 25.1 Å². The van der Waals surface area contributed by atoms with E-state index in [1.807, 2.05) is 0 Å². The van der Waals surface area contributed by atoms with E-state index in [2.05, 4.69) is 4.72 Å². The average Bonchev–Trinajstić information content (AvgIpc) is 2.26. The molecule has 0 spiro atoms. The molecule has 1 aromatic rings. The molecule has 0 aliphatic rings. The van der Waals surface area contributed by atoms with Crippen molar-refractivity contribution in [3.05, 3.63) is 23.8 Å². The van der Waals surface area contributed by atoms with Crippen LogP contribution in [0.5, 0.6) is 0 Å². The Morgan fingerprint density at radius 2 is 2.00 bits per heavy atom. The van der Waals surface area contributed by atoms with Gasteiger partial charge in [-0.25, -0.2) is 17.9 Å². The molecule has 0 radical (unpaired) electrons. The van der Waals surface area contributed by atoms with Crippen LogP contribution in [0.25, 0.3) is 0 Å². The van der Waals surface area contributed by atoms with Gasteiger partial charge < -0.3 is 16.6 Å². The van der Waals surface area contributed by atoms with Crippen LogP contribution in [0.4, 0.5) is 5.69 Å². The summed E-state index contributed by atoms with van der Waals surface area (Å²) in [4.78, 5) is 21.3. The quantitative estimate of drug-likeness (QED) is 0.520. The molecule has 0 aromatic heterocycles. The Labute approximate surface area is 115 Å². The first-order valence-corrected chi connectivity index (χ1v) is 7.05. The Bertz CT molecular complexity index is 641. The maximum Gasteiger partial charge on any atom is 0.337 e. The van der Waals surface area contributed by atoms with E-state index in [4.69, 9.17) is 16.6 Å². The Kier molecular flexibility index (Phi) is 4.69. The van der Waals surface area contributed by atoms with Gasteiger partial charge in [0.25, 0.3) is 0 Å². The van der Waals surface area contributed by atoms with E-state index in [-0.39, 0.29) is 12.1 Å². The zero-order valence-corrected chi connectivity index (χ0v) is 11.5. The van der Waals surface area contributed by atoms with Crippen LogP contribution in [-0.2, 0) is 14.8 Å². The predicted molar refractivity (Wildman–Crippen MR) is 71.4 cm³/mol. The lowest BCUT2D eigenvalue weighted by Gasteiger charge is -2.14. The van der Waals surface area contributed by atoms with E-state index in [9.17, 15) is 18.0 Å². The maximum absolute atomic E-state index is 12.1. The number of primary amides is 1. The monoisotopic (exact) mass is 301 g/mol. The molecule has 0 heterocycles. The number of nitrogen functional groups attached to an aromatic ring is 1. The zero-order valence-electron chi connectivity index (χ0n) is 10.7. The summed E-state index contributed by atoms with van der Waals surface area (Å²) in [6.45, 7) is 1.44. The summed E-state index contributed by atoms with van der Waals surface area (Å²) in [7, 11) is -4.12. The third-order valence-corrected chi connectivity index (χ3v) is 4.02. The fraction of sp³-hybridized carbons (Fsp3) is 0.273. The van der Waals surface area contributed by atoms with Crippen LogP contribution in [0, 0.1) is 0 Å². The minimum absolute atomic E-state index is 0.109. The number of amides is 1. The smallest absolute Gasteiger partial charge is 0.337 e. The first-order chi connectivity index (χ1) is 9.13. The number of carboxylic acid groups (broad SMARTS) is 1. The lowest BCUT2D eigenvalue weighted by atomic mass is 10.2. The van der Waals surface area contributed by atoms with Crippen molar-refractivity contribution in [1.29, 1.82) is 0 Å². The summed E-state index contributed by atoms with van der Waals surface area (Å²) in [5, 5.41) is 8.99. The van der Waals surface area contributed by atoms with E-state index < -0.39 is 38.4 Å². The highest BCUT2D eigenvalue weighted by atomic mass is 32.2. The predicted octanol–water partition coefficient (Wildman–Crippen LogP) is -0.491. The number of benzene rings is 1. The highest BCUT2D eigenvalue weighted by Crippen LogP contribution is 2.19. The SMILES string of the molecule is CC(CC(N)=O)NS(=O)(=O)c1cc(N)ccc1C(=O)O. The number of sulfonamides is 1. The summed E-state index contributed by atoms with van der Waals surface area (Å²) in [6.07, 6.45) is -0.204. The number of nitrogens with two attached hydrogens (primary N) is 2. The Hall–Kier alpha value is -2.13. The normalized spacial score (nSPS) is 12.8. The van der Waals surface area contributed by atoms with Gasteiger partial charge in [-0.15, -0.1) is 0 Å². The molecule has 9 heteroatoms. The first kappa shape index (κ1) is 15.9. The highest BCUT2D eigenvalue weighted by molar-refractivity contribution is 7.89. The molecule has 0 bridgehead atoms. The van der Waals surface area contributed by atoms with Crippen molar-refractivity contribution in [2.45, 2.75) is 24.3 Å². The van der Waals surface area contributed by atoms with Gasteiger partial charge in [0.1, 0.15) is 0 Å². The fourth-order valence-electron chi connectivity index (χ4n) is 1.61. The van der Waals surface area contributed by atoms with E-state index in [0.29, 0.717) is 0 Å². The molecule has 1 atom stereocenters. The second-order valence-electron chi connectivity index (χ2n) is 4.25. The third-order valence-electron chi connectivity index (χ3n) is 2.39. The van der Waals surface area contributed by atoms with E-state index in [1.165, 1.54) is 13.0 Å². The van der Waals surface area contributed by atoms with Gasteiger partial charge >= 0.3 is 5.97 Å². The van der Waals surface area contributed by atoms with Crippen LogP contribution in [0.15, 0.2) is 23.1 Å². The third kappa shape index (κ3) is 3.93. The van der Waals surface area contributed by atoms with Crippen LogP contribution < -0.4 is 16.2 Å². The molecular weight excluding hydrogens is 286 g/mol. The number of rotatable bonds is 6. The summed E-state index contributed by atoms with van der Waals surface area (Å²) >= 11 is 0. The van der Waals surface area contributed by atoms with Crippen molar-refractivity contribution in [3.63, 3.8) is 0 Å². The number of aromatic carboxylic acids is 1. The number of carbonyl (C=O) groups is 2. The van der Waals surface area contributed by atoms with Gasteiger partial charge in [-0.3, -0.25) is 4.79 Å². The molecule has 0 saturated heterocycles. The number of hydrogen-bond donors (Lipinski definition) is 4. The van der Waals surface area contributed by atoms with Gasteiger partial charge in [0.05, 0.1) is 10.5 Å². The van der Waals surface area contributed by atoms with Crippen molar-refractivity contribution in [2.75, 3.05) is 5.73 Å². The minimum atomic E-state index is -4.12. The molecular formula is C11H15N3O5S. The van der Waals surface area contributed by atoms with Crippen molar-refractivity contribution >= 4 is 27.6 Å². The van der Waals surface area contributed by atoms with Crippen LogP contribution in [-0.4, -0.2) is 31.4 Å². The molecule has 1 amide bonds. The van der Waals surface area contributed by atoms with Gasteiger partial charge in [0, 0.05) is 18.2 Å². The van der Waals surface area contributed by atoms with Crippen LogP contribution in [0.1, 0.15) is 23.7 Å². The molecule has 1 rings (SSSR count). The summed E-state index contributed by atoms with van der Waals surface area (Å²) < 4.78 is 26.4. The number of hydrogen-bond acceptors (Lipinski definition) is 5. The molecule has 20 heavy (non-hydrogen) atoms. The van der Waals surface area contributed by atoms with Crippen molar-refractivity contribution < 1.29 is 23.1 Å². The number of anilines is 1. The molecule has 0 aliphatic heterocycles. The summed E-state index contributed by atoms with van der Waals surface area (Å²) in [6, 6.07) is 2.67. The van der Waals surface area contributed by atoms with Crippen molar-refractivity contribution in [3.8, 4) is 0 Å². The van der Waals surface area contributed by atoms with Gasteiger partial charge in [-0.1, -0.05) is 0 Å². The molecule has 8 nitrogen and oxygen atoms in total. The Balaban J connectivity index is 3.18. The van der Waals surface area contributed by atoms with Crippen molar-refractivity contribution in [1.82, 2.24) is 4.72 Å². The molecule has 1 unspecified atom stereocenters. The van der Waals surface area contributed by atoms with Crippen LogP contribution in [0.3, 0.4) is 0 Å². The van der Waals surface area contributed by atoms with E-state index in [1.54, 1.807) is 0 Å². The first-order valence-electron chi connectivity index (χ1n) is 5.57. The van der Waals surface area contributed by atoms with Crippen molar-refractivity contribution in [2.24, 2.45) is 5.73 Å². The minimum Gasteiger partial charge on any atom is -0.478 e. The van der Waals surface area contributed by atoms with E-state index >= 15 is 0 Å². The molecule has 6 N–H and O–H groups in total. The average molecular weight is 301 g/mol. The molecule has 0 fully saturated rings. The van der Waals surface area contributed by atoms with Gasteiger partial charge in [0.2, 0.25) is 15.9 Å². The molecule has 0 saturated carbocycles. The largest absolute Gasteiger partial charge is 0.478 e. The zero-order chi connectivity index (χ0) is 15.5. The lowest BCUT2D eigenvalue weighted by Crippen LogP contribution is -2.36. The Morgan fingerprint density at radius 1 is 1.40 bits per heavy atom. The maximum atomic E-state index is 12.1. The molecule has 1 aromatic carbocycles. The molecule has 0 aliphatic carbocycles. The second kappa shape index (κ2) is 5.88. The summed E-state index contributed by atoms with van der Waals surface area (Å²) in [5.74, 6) is -2.07. The van der Waals surface area contributed by atoms with E-state index in [0.717, 1.165) is 12.1 Å². The van der Waals surface area contributed by atoms with Gasteiger partial charge in [0.15, 0.2) is 0 Å². The standard InChI is InChI=1S/C11H15N3O5S/c1-6(4-10(13)15)14-20(18,19)9-5-7(12)2-3-8(9)11(16)17/h2-3,5-6,14H,4,12H2,1H3,(H2,13,15)(H,16,17). The molecule has 110 valence electrons. The second-order valence-corrected chi connectivity index (χ2v) is 5.94. The van der Waals surface area contributed by atoms with Gasteiger partial charge in [-0.2, -0.15) is 0 Å². The Morgan fingerprint density at radius 3 is 2.50 bits per heavy atom. The van der Waals surface area contributed by atoms with Crippen LogP contribution in [0.2, 0.25) is 0 Å². The lowest BCUT2D eigenvalue weighted by molar-refractivity contribution is -0.118. The summed E-state index contributed by atoms with van der Waals surface area (Å²) in [5.41, 5.74) is 10.1. The highest BCUT2D eigenvalue weighted by Gasteiger charge is 2.24. The fourth-order valence-corrected chi connectivity index (χ4v) is 3.09. The number of carbonyl (C=O) groups excluding carboxylic acids is 1.